The number of rotatable bonds is 3. The number of ether oxygens (including phenoxy) is 1. The number of hydrogen-bond donors (Lipinski definition) is 2. The molecule has 1 aliphatic carbocycles. The molecule has 0 saturated heterocycles. The fraction of sp³-hybridized carbons (Fsp3) is 0.200. The number of carbonyl (C=O) groups excluding carboxylic acids is 1. The van der Waals surface area contributed by atoms with Crippen molar-refractivity contribution in [3.05, 3.63) is 72.5 Å². The molecular formula is C20H15Cl2N5O4. The Morgan fingerprint density at radius 2 is 1.84 bits per heavy atom. The van der Waals surface area contributed by atoms with Crippen LogP contribution in [0.2, 0.25) is 10.0 Å². The highest BCUT2D eigenvalue weighted by Gasteiger charge is 2.57. The molecule has 0 atom stereocenters. The Morgan fingerprint density at radius 1 is 1.16 bits per heavy atom. The number of hydrogen-bond acceptors (Lipinski definition) is 6. The second-order valence-electron chi connectivity index (χ2n) is 7.54. The quantitative estimate of drug-likeness (QED) is 0.580. The first kappa shape index (κ1) is 19.7. The Morgan fingerprint density at radius 3 is 2.48 bits per heavy atom. The second-order valence-corrected chi connectivity index (χ2v) is 8.35. The monoisotopic (exact) mass is 459 g/mol. The molecule has 2 aliphatic rings. The average molecular weight is 460 g/mol. The molecular weight excluding hydrogens is 445 g/mol. The molecule has 0 unspecified atom stereocenters. The van der Waals surface area contributed by atoms with Crippen molar-refractivity contribution in [2.24, 2.45) is 0 Å². The first-order chi connectivity index (χ1) is 14.7. The van der Waals surface area contributed by atoms with Gasteiger partial charge < -0.3 is 15.9 Å². The van der Waals surface area contributed by atoms with E-state index in [-0.39, 0.29) is 27.4 Å². The first-order valence-corrected chi connectivity index (χ1v) is 10.1. The number of nitrogens with two attached hydrogens (primary N) is 1. The van der Waals surface area contributed by atoms with Crippen molar-refractivity contribution >= 4 is 34.8 Å². The number of nitrogen functional groups attached to an aromatic ring is 1. The van der Waals surface area contributed by atoms with Crippen molar-refractivity contribution in [3.63, 3.8) is 0 Å². The van der Waals surface area contributed by atoms with Crippen molar-refractivity contribution in [1.29, 1.82) is 0 Å². The lowest BCUT2D eigenvalue weighted by molar-refractivity contribution is -0.117. The molecule has 2 heterocycles. The summed E-state index contributed by atoms with van der Waals surface area (Å²) in [4.78, 5) is 36.0. The lowest BCUT2D eigenvalue weighted by Gasteiger charge is -2.16. The molecule has 2 aromatic carbocycles. The van der Waals surface area contributed by atoms with E-state index in [9.17, 15) is 14.4 Å². The molecule has 1 fully saturated rings. The minimum absolute atomic E-state index is 0.0161. The van der Waals surface area contributed by atoms with Crippen molar-refractivity contribution < 1.29 is 9.53 Å². The smallest absolute Gasteiger partial charge is 0.370 e. The van der Waals surface area contributed by atoms with Gasteiger partial charge in [0.25, 0.3) is 5.56 Å². The van der Waals surface area contributed by atoms with Gasteiger partial charge in [0, 0.05) is 5.69 Å². The number of halogens is 2. The summed E-state index contributed by atoms with van der Waals surface area (Å²) >= 11 is 12.8. The third-order valence-electron chi connectivity index (χ3n) is 5.67. The SMILES string of the molecule is Cc1c(Oc2c(Cl)cc(-n3ncc(=O)n(N)c3=O)cc2Cl)ccc2c1C1(CC1)C(=O)N2. The molecule has 1 saturated carbocycles. The van der Waals surface area contributed by atoms with E-state index in [1.165, 1.54) is 12.1 Å². The Kier molecular flexibility index (Phi) is 4.18. The van der Waals surface area contributed by atoms with Gasteiger partial charge in [-0.1, -0.05) is 23.2 Å². The van der Waals surface area contributed by atoms with Crippen LogP contribution in [0.25, 0.3) is 5.69 Å². The highest BCUT2D eigenvalue weighted by molar-refractivity contribution is 6.37. The van der Waals surface area contributed by atoms with Gasteiger partial charge in [-0.2, -0.15) is 14.5 Å². The van der Waals surface area contributed by atoms with Crippen LogP contribution in [-0.2, 0) is 10.2 Å². The fourth-order valence-corrected chi connectivity index (χ4v) is 4.50. The van der Waals surface area contributed by atoms with Gasteiger partial charge in [0.05, 0.1) is 21.1 Å². The number of nitrogens with zero attached hydrogens (tertiary/aromatic N) is 3. The van der Waals surface area contributed by atoms with Gasteiger partial charge >= 0.3 is 5.69 Å². The molecule has 0 bridgehead atoms. The summed E-state index contributed by atoms with van der Waals surface area (Å²) in [7, 11) is 0. The van der Waals surface area contributed by atoms with Gasteiger partial charge in [0.1, 0.15) is 11.9 Å². The topological polar surface area (TPSA) is 121 Å². The summed E-state index contributed by atoms with van der Waals surface area (Å²) in [6.07, 6.45) is 2.51. The molecule has 158 valence electrons. The van der Waals surface area contributed by atoms with Crippen LogP contribution in [-0.4, -0.2) is 20.4 Å². The predicted octanol–water partition coefficient (Wildman–Crippen LogP) is 2.50. The van der Waals surface area contributed by atoms with Crippen LogP contribution in [0.3, 0.4) is 0 Å². The largest absolute Gasteiger partial charge is 0.454 e. The van der Waals surface area contributed by atoms with Crippen LogP contribution in [0.4, 0.5) is 5.69 Å². The van der Waals surface area contributed by atoms with Crippen molar-refractivity contribution in [2.45, 2.75) is 25.2 Å². The molecule has 3 N–H and O–H groups in total. The third-order valence-corrected chi connectivity index (χ3v) is 6.24. The van der Waals surface area contributed by atoms with Gasteiger partial charge in [0.15, 0.2) is 5.75 Å². The van der Waals surface area contributed by atoms with Gasteiger partial charge in [-0.3, -0.25) is 9.59 Å². The maximum Gasteiger partial charge on any atom is 0.370 e. The summed E-state index contributed by atoms with van der Waals surface area (Å²) in [6, 6.07) is 6.40. The Balaban J connectivity index is 1.55. The van der Waals surface area contributed by atoms with Crippen LogP contribution in [0.5, 0.6) is 11.5 Å². The number of fused-ring (bicyclic) bond motifs is 2. The second kappa shape index (κ2) is 6.60. The highest BCUT2D eigenvalue weighted by Crippen LogP contribution is 2.57. The van der Waals surface area contributed by atoms with E-state index >= 15 is 0 Å². The predicted molar refractivity (Wildman–Crippen MR) is 115 cm³/mol. The van der Waals surface area contributed by atoms with Crippen molar-refractivity contribution in [3.8, 4) is 17.2 Å². The zero-order valence-electron chi connectivity index (χ0n) is 16.1. The average Bonchev–Trinajstić information content (AvgIpc) is 3.46. The van der Waals surface area contributed by atoms with E-state index < -0.39 is 16.7 Å². The van der Waals surface area contributed by atoms with E-state index in [0.717, 1.165) is 40.5 Å². The molecule has 1 aliphatic heterocycles. The van der Waals surface area contributed by atoms with Gasteiger partial charge in [0.2, 0.25) is 5.91 Å². The van der Waals surface area contributed by atoms with Gasteiger partial charge in [-0.25, -0.2) is 4.79 Å². The number of amides is 1. The van der Waals surface area contributed by atoms with Crippen LogP contribution >= 0.6 is 23.2 Å². The molecule has 31 heavy (non-hydrogen) atoms. The van der Waals surface area contributed by atoms with E-state index in [4.69, 9.17) is 33.8 Å². The van der Waals surface area contributed by atoms with Crippen LogP contribution < -0.4 is 27.1 Å². The summed E-state index contributed by atoms with van der Waals surface area (Å²) in [5.74, 6) is 6.16. The first-order valence-electron chi connectivity index (χ1n) is 9.32. The summed E-state index contributed by atoms with van der Waals surface area (Å²) in [5, 5.41) is 6.96. The zero-order chi connectivity index (χ0) is 22.1. The van der Waals surface area contributed by atoms with E-state index in [1.54, 1.807) is 12.1 Å². The maximum atomic E-state index is 12.3. The number of anilines is 1. The molecule has 3 aromatic rings. The van der Waals surface area contributed by atoms with Crippen LogP contribution in [0, 0.1) is 6.92 Å². The van der Waals surface area contributed by atoms with Crippen molar-refractivity contribution in [1.82, 2.24) is 14.5 Å². The van der Waals surface area contributed by atoms with Crippen molar-refractivity contribution in [2.75, 3.05) is 11.2 Å². The maximum absolute atomic E-state index is 12.3. The summed E-state index contributed by atoms with van der Waals surface area (Å²) < 4.78 is 7.35. The summed E-state index contributed by atoms with van der Waals surface area (Å²) in [6.45, 7) is 1.89. The lowest BCUT2D eigenvalue weighted by Crippen LogP contribution is -2.44. The van der Waals surface area contributed by atoms with Gasteiger partial charge in [-0.05, 0) is 55.2 Å². The molecule has 5 rings (SSSR count). The molecule has 1 spiro atoms. The highest BCUT2D eigenvalue weighted by atomic mass is 35.5. The minimum atomic E-state index is -0.852. The Labute approximate surface area is 184 Å². The van der Waals surface area contributed by atoms with E-state index in [1.807, 2.05) is 6.92 Å². The lowest BCUT2D eigenvalue weighted by atomic mass is 9.93. The zero-order valence-corrected chi connectivity index (χ0v) is 17.6. The normalized spacial score (nSPS) is 15.6. The van der Waals surface area contributed by atoms with Gasteiger partial charge in [-0.15, -0.1) is 0 Å². The summed E-state index contributed by atoms with van der Waals surface area (Å²) in [5.41, 5.74) is 0.722. The number of benzene rings is 2. The Hall–Kier alpha value is -3.30. The van der Waals surface area contributed by atoms with E-state index in [0.29, 0.717) is 10.4 Å². The Bertz CT molecular complexity index is 1380. The number of carbonyl (C=O) groups is 1. The fourth-order valence-electron chi connectivity index (χ4n) is 3.95. The third kappa shape index (κ3) is 2.84. The van der Waals surface area contributed by atoms with E-state index in [2.05, 4.69) is 10.4 Å². The number of aromatic nitrogens is 3. The molecule has 9 nitrogen and oxygen atoms in total. The van der Waals surface area contributed by atoms with Crippen LogP contribution in [0.1, 0.15) is 24.0 Å². The molecule has 1 aromatic heterocycles. The number of nitrogens with one attached hydrogen (secondary N) is 1. The molecule has 11 heteroatoms. The van der Waals surface area contributed by atoms with Crippen LogP contribution in [0.15, 0.2) is 40.1 Å². The molecule has 1 amide bonds. The minimum Gasteiger partial charge on any atom is -0.454 e. The molecule has 0 radical (unpaired) electrons. The standard InChI is InChI=1S/C20H15Cl2N5O4/c1-9-14(3-2-13-16(9)20(4-5-20)18(29)25-13)31-17-11(21)6-10(7-12(17)22)27-19(30)26(23)15(28)8-24-27/h2-3,6-8H,4-5,23H2,1H3,(H,25,29).